The Morgan fingerprint density at radius 1 is 1.50 bits per heavy atom. The molecular formula is C14H18N2O2. The minimum Gasteiger partial charge on any atom is -0.361 e. The number of ketones is 1. The Balaban J connectivity index is 2.17. The van der Waals surface area contributed by atoms with Crippen LogP contribution in [0.5, 0.6) is 0 Å². The van der Waals surface area contributed by atoms with Gasteiger partial charge in [-0.3, -0.25) is 9.78 Å². The molecule has 0 radical (unpaired) electrons. The molecule has 0 aliphatic carbocycles. The average molecular weight is 246 g/mol. The SMILES string of the molecule is CCC(=O)c1ccc(N2CCCCC2C=O)cn1. The molecule has 1 aromatic rings. The number of rotatable bonds is 4. The Morgan fingerprint density at radius 2 is 2.33 bits per heavy atom. The predicted molar refractivity (Wildman–Crippen MR) is 69.9 cm³/mol. The summed E-state index contributed by atoms with van der Waals surface area (Å²) in [6.45, 7) is 2.71. The minimum absolute atomic E-state index is 0.0479. The highest BCUT2D eigenvalue weighted by atomic mass is 16.1. The molecule has 1 unspecified atom stereocenters. The van der Waals surface area contributed by atoms with Crippen molar-refractivity contribution in [2.24, 2.45) is 0 Å². The first-order chi connectivity index (χ1) is 8.76. The monoisotopic (exact) mass is 246 g/mol. The van der Waals surface area contributed by atoms with Gasteiger partial charge in [-0.15, -0.1) is 0 Å². The van der Waals surface area contributed by atoms with Crippen molar-refractivity contribution >= 4 is 17.8 Å². The molecular weight excluding hydrogens is 228 g/mol. The maximum atomic E-state index is 11.5. The second-order valence-corrected chi connectivity index (χ2v) is 4.57. The van der Waals surface area contributed by atoms with Gasteiger partial charge in [0.05, 0.1) is 17.9 Å². The van der Waals surface area contributed by atoms with Crippen molar-refractivity contribution in [3.05, 3.63) is 24.0 Å². The van der Waals surface area contributed by atoms with Crippen LogP contribution in [0.2, 0.25) is 0 Å². The third-order valence-corrected chi connectivity index (χ3v) is 3.39. The number of piperidine rings is 1. The quantitative estimate of drug-likeness (QED) is 0.604. The molecule has 1 fully saturated rings. The maximum absolute atomic E-state index is 11.5. The van der Waals surface area contributed by atoms with Crippen LogP contribution in [-0.2, 0) is 4.79 Å². The van der Waals surface area contributed by atoms with E-state index in [4.69, 9.17) is 0 Å². The molecule has 0 N–H and O–H groups in total. The summed E-state index contributed by atoms with van der Waals surface area (Å²) in [4.78, 5) is 28.8. The zero-order valence-electron chi connectivity index (χ0n) is 10.6. The minimum atomic E-state index is -0.0479. The fraction of sp³-hybridized carbons (Fsp3) is 0.500. The van der Waals surface area contributed by atoms with Gasteiger partial charge in [0.2, 0.25) is 0 Å². The Hall–Kier alpha value is -1.71. The summed E-state index contributed by atoms with van der Waals surface area (Å²) in [5, 5.41) is 0. The molecule has 96 valence electrons. The van der Waals surface area contributed by atoms with Crippen molar-refractivity contribution in [1.82, 2.24) is 4.98 Å². The number of aromatic nitrogens is 1. The molecule has 0 bridgehead atoms. The van der Waals surface area contributed by atoms with Crippen molar-refractivity contribution in [3.8, 4) is 0 Å². The summed E-state index contributed by atoms with van der Waals surface area (Å²) in [6, 6.07) is 3.59. The standard InChI is InChI=1S/C14H18N2O2/c1-2-14(18)13-7-6-11(9-15-13)16-8-4-3-5-12(16)10-17/h6-7,9-10,12H,2-5,8H2,1H3. The Labute approximate surface area is 107 Å². The fourth-order valence-corrected chi connectivity index (χ4v) is 2.32. The normalized spacial score (nSPS) is 19.6. The van der Waals surface area contributed by atoms with E-state index in [9.17, 15) is 9.59 Å². The topological polar surface area (TPSA) is 50.3 Å². The number of pyridine rings is 1. The second-order valence-electron chi connectivity index (χ2n) is 4.57. The molecule has 0 amide bonds. The molecule has 4 heteroatoms. The summed E-state index contributed by atoms with van der Waals surface area (Å²) in [7, 11) is 0. The lowest BCUT2D eigenvalue weighted by Gasteiger charge is -2.34. The summed E-state index contributed by atoms with van der Waals surface area (Å²) in [6.07, 6.45) is 6.26. The Kier molecular flexibility index (Phi) is 4.07. The van der Waals surface area contributed by atoms with Gasteiger partial charge >= 0.3 is 0 Å². The van der Waals surface area contributed by atoms with Crippen LogP contribution < -0.4 is 4.90 Å². The van der Waals surface area contributed by atoms with Crippen molar-refractivity contribution in [2.45, 2.75) is 38.6 Å². The molecule has 18 heavy (non-hydrogen) atoms. The van der Waals surface area contributed by atoms with Gasteiger partial charge < -0.3 is 9.69 Å². The van der Waals surface area contributed by atoms with E-state index in [1.165, 1.54) is 0 Å². The van der Waals surface area contributed by atoms with E-state index in [0.717, 1.165) is 37.8 Å². The lowest BCUT2D eigenvalue weighted by molar-refractivity contribution is -0.109. The third-order valence-electron chi connectivity index (χ3n) is 3.39. The third kappa shape index (κ3) is 2.58. The molecule has 1 saturated heterocycles. The van der Waals surface area contributed by atoms with Crippen molar-refractivity contribution in [3.63, 3.8) is 0 Å². The van der Waals surface area contributed by atoms with Crippen molar-refractivity contribution in [1.29, 1.82) is 0 Å². The number of nitrogens with zero attached hydrogens (tertiary/aromatic N) is 2. The number of Topliss-reactive ketones (excluding diaryl/α,β-unsaturated/α-hetero) is 1. The lowest BCUT2D eigenvalue weighted by Crippen LogP contribution is -2.40. The molecule has 1 aliphatic heterocycles. The van der Waals surface area contributed by atoms with Crippen LogP contribution >= 0.6 is 0 Å². The number of carbonyl (C=O) groups excluding carboxylic acids is 2. The zero-order chi connectivity index (χ0) is 13.0. The van der Waals surface area contributed by atoms with E-state index in [-0.39, 0.29) is 11.8 Å². The fourth-order valence-electron chi connectivity index (χ4n) is 2.32. The molecule has 0 spiro atoms. The van der Waals surface area contributed by atoms with Crippen LogP contribution in [0.25, 0.3) is 0 Å². The molecule has 1 aromatic heterocycles. The van der Waals surface area contributed by atoms with E-state index in [2.05, 4.69) is 9.88 Å². The van der Waals surface area contributed by atoms with Gasteiger partial charge in [0.15, 0.2) is 5.78 Å². The maximum Gasteiger partial charge on any atom is 0.180 e. The smallest absolute Gasteiger partial charge is 0.180 e. The first-order valence-electron chi connectivity index (χ1n) is 6.47. The highest BCUT2D eigenvalue weighted by molar-refractivity contribution is 5.94. The van der Waals surface area contributed by atoms with Gasteiger partial charge in [0, 0.05) is 13.0 Å². The predicted octanol–water partition coefficient (Wildman–Crippen LogP) is 2.23. The van der Waals surface area contributed by atoms with E-state index < -0.39 is 0 Å². The van der Waals surface area contributed by atoms with Gasteiger partial charge in [-0.05, 0) is 31.4 Å². The van der Waals surface area contributed by atoms with E-state index >= 15 is 0 Å². The van der Waals surface area contributed by atoms with Gasteiger partial charge in [-0.25, -0.2) is 0 Å². The van der Waals surface area contributed by atoms with E-state index in [1.807, 2.05) is 13.0 Å². The molecule has 0 saturated carbocycles. The van der Waals surface area contributed by atoms with Crippen LogP contribution in [0.1, 0.15) is 43.1 Å². The lowest BCUT2D eigenvalue weighted by atomic mass is 10.0. The van der Waals surface area contributed by atoms with Crippen LogP contribution in [0.3, 0.4) is 0 Å². The van der Waals surface area contributed by atoms with Gasteiger partial charge in [-0.1, -0.05) is 6.92 Å². The molecule has 0 aromatic carbocycles. The van der Waals surface area contributed by atoms with Crippen molar-refractivity contribution in [2.75, 3.05) is 11.4 Å². The first kappa shape index (κ1) is 12.7. The highest BCUT2D eigenvalue weighted by Crippen LogP contribution is 2.23. The largest absolute Gasteiger partial charge is 0.361 e. The van der Waals surface area contributed by atoms with E-state index in [1.54, 1.807) is 12.3 Å². The first-order valence-corrected chi connectivity index (χ1v) is 6.47. The number of hydrogen-bond donors (Lipinski definition) is 0. The molecule has 1 atom stereocenters. The van der Waals surface area contributed by atoms with Gasteiger partial charge in [0.1, 0.15) is 12.0 Å². The molecule has 4 nitrogen and oxygen atoms in total. The molecule has 2 heterocycles. The summed E-state index contributed by atoms with van der Waals surface area (Å²) < 4.78 is 0. The number of carbonyl (C=O) groups is 2. The molecule has 2 rings (SSSR count). The number of aldehydes is 1. The van der Waals surface area contributed by atoms with Crippen LogP contribution in [0.15, 0.2) is 18.3 Å². The Morgan fingerprint density at radius 3 is 2.94 bits per heavy atom. The average Bonchev–Trinajstić information content (AvgIpc) is 2.46. The summed E-state index contributed by atoms with van der Waals surface area (Å²) >= 11 is 0. The van der Waals surface area contributed by atoms with Gasteiger partial charge in [-0.2, -0.15) is 0 Å². The van der Waals surface area contributed by atoms with Crippen molar-refractivity contribution < 1.29 is 9.59 Å². The van der Waals surface area contributed by atoms with Crippen LogP contribution in [0.4, 0.5) is 5.69 Å². The Bertz CT molecular complexity index is 428. The molecule has 1 aliphatic rings. The zero-order valence-corrected chi connectivity index (χ0v) is 10.6. The van der Waals surface area contributed by atoms with Crippen LogP contribution in [0, 0.1) is 0 Å². The number of hydrogen-bond acceptors (Lipinski definition) is 4. The highest BCUT2D eigenvalue weighted by Gasteiger charge is 2.22. The van der Waals surface area contributed by atoms with Crippen LogP contribution in [-0.4, -0.2) is 29.6 Å². The number of anilines is 1. The van der Waals surface area contributed by atoms with Gasteiger partial charge in [0.25, 0.3) is 0 Å². The summed E-state index contributed by atoms with van der Waals surface area (Å²) in [5.41, 5.74) is 1.43. The van der Waals surface area contributed by atoms with E-state index in [0.29, 0.717) is 12.1 Å². The summed E-state index contributed by atoms with van der Waals surface area (Å²) in [5.74, 6) is 0.0483. The second kappa shape index (κ2) is 5.76.